The lowest BCUT2D eigenvalue weighted by molar-refractivity contribution is -0.678. The Morgan fingerprint density at radius 3 is 3.00 bits per heavy atom. The molecule has 2 rings (SSSR count). The minimum absolute atomic E-state index is 0.0545. The monoisotopic (exact) mass is 248 g/mol. The third-order valence-electron chi connectivity index (χ3n) is 3.06. The highest BCUT2D eigenvalue weighted by molar-refractivity contribution is 5.95. The van der Waals surface area contributed by atoms with Crippen LogP contribution in [0.4, 0.5) is 5.69 Å². The predicted octanol–water partition coefficient (Wildman–Crippen LogP) is -0.615. The minimum Gasteiger partial charge on any atom is -0.345 e. The second-order valence-corrected chi connectivity index (χ2v) is 4.49. The average Bonchev–Trinajstić information content (AvgIpc) is 2.35. The Morgan fingerprint density at radius 2 is 2.28 bits per heavy atom. The molecule has 4 N–H and O–H groups in total. The number of rotatable bonds is 3. The highest BCUT2D eigenvalue weighted by Gasteiger charge is 2.27. The fraction of sp³-hybridized carbons (Fsp3) is 0.385. The Balaban J connectivity index is 1.92. The summed E-state index contributed by atoms with van der Waals surface area (Å²) in [6.45, 7) is 3.44. The van der Waals surface area contributed by atoms with E-state index in [-0.39, 0.29) is 24.3 Å². The maximum atomic E-state index is 11.9. The van der Waals surface area contributed by atoms with Crippen LogP contribution >= 0.6 is 0 Å². The van der Waals surface area contributed by atoms with Crippen molar-refractivity contribution in [3.63, 3.8) is 0 Å². The number of nitrogens with two attached hydrogens (primary N) is 1. The molecule has 0 radical (unpaired) electrons. The first kappa shape index (κ1) is 12.6. The van der Waals surface area contributed by atoms with Crippen molar-refractivity contribution in [2.45, 2.75) is 19.4 Å². The van der Waals surface area contributed by atoms with Crippen molar-refractivity contribution >= 4 is 17.5 Å². The van der Waals surface area contributed by atoms with E-state index in [1.165, 1.54) is 0 Å². The van der Waals surface area contributed by atoms with Crippen LogP contribution in [0.15, 0.2) is 24.3 Å². The van der Waals surface area contributed by atoms with E-state index >= 15 is 0 Å². The van der Waals surface area contributed by atoms with Gasteiger partial charge in [0.15, 0.2) is 6.04 Å². The third kappa shape index (κ3) is 3.07. The summed E-state index contributed by atoms with van der Waals surface area (Å²) in [6, 6.07) is 7.30. The van der Waals surface area contributed by atoms with Gasteiger partial charge in [-0.2, -0.15) is 0 Å². The van der Waals surface area contributed by atoms with Crippen molar-refractivity contribution in [2.75, 3.05) is 18.4 Å². The number of carbonyl (C=O) groups excluding carboxylic acids is 2. The highest BCUT2D eigenvalue weighted by atomic mass is 16.2. The van der Waals surface area contributed by atoms with Crippen molar-refractivity contribution in [3.8, 4) is 0 Å². The number of anilines is 1. The van der Waals surface area contributed by atoms with E-state index in [1.54, 1.807) is 0 Å². The van der Waals surface area contributed by atoms with Crippen molar-refractivity contribution in [2.24, 2.45) is 0 Å². The molecule has 96 valence electrons. The van der Waals surface area contributed by atoms with Gasteiger partial charge in [0.2, 0.25) is 5.91 Å². The van der Waals surface area contributed by atoms with Crippen molar-refractivity contribution < 1.29 is 14.9 Å². The molecule has 18 heavy (non-hydrogen) atoms. The van der Waals surface area contributed by atoms with Crippen LogP contribution in [0.1, 0.15) is 12.0 Å². The lowest BCUT2D eigenvalue weighted by atomic mass is 10.1. The molecule has 1 atom stereocenters. The fourth-order valence-corrected chi connectivity index (χ4v) is 2.01. The zero-order valence-corrected chi connectivity index (χ0v) is 10.4. The van der Waals surface area contributed by atoms with E-state index in [4.69, 9.17) is 0 Å². The van der Waals surface area contributed by atoms with Crippen LogP contribution in [0.25, 0.3) is 0 Å². The number of amides is 2. The van der Waals surface area contributed by atoms with E-state index in [9.17, 15) is 9.59 Å². The first-order valence-electron chi connectivity index (χ1n) is 6.13. The summed E-state index contributed by atoms with van der Waals surface area (Å²) < 4.78 is 0. The summed E-state index contributed by atoms with van der Waals surface area (Å²) >= 11 is 0. The van der Waals surface area contributed by atoms with Crippen LogP contribution < -0.4 is 16.0 Å². The highest BCUT2D eigenvalue weighted by Crippen LogP contribution is 2.13. The third-order valence-corrected chi connectivity index (χ3v) is 3.06. The van der Waals surface area contributed by atoms with Crippen LogP contribution in [0.2, 0.25) is 0 Å². The zero-order chi connectivity index (χ0) is 13.0. The number of hydrogen-bond donors (Lipinski definition) is 3. The smallest absolute Gasteiger partial charge is 0.278 e. The van der Waals surface area contributed by atoms with Crippen LogP contribution in [0, 0.1) is 6.92 Å². The van der Waals surface area contributed by atoms with Crippen LogP contribution in [-0.4, -0.2) is 30.9 Å². The van der Waals surface area contributed by atoms with Gasteiger partial charge in [-0.25, -0.2) is 0 Å². The standard InChI is InChI=1S/C13H17N3O2/c1-9-4-2-3-5-10(9)16-12(17)8-11-13(18)15-7-6-14-11/h2-5,11,14H,6-8H2,1H3,(H,15,18)(H,16,17)/p+1/t11-/m0/s1. The summed E-state index contributed by atoms with van der Waals surface area (Å²) in [7, 11) is 0. The van der Waals surface area contributed by atoms with Crippen LogP contribution in [0.3, 0.4) is 0 Å². The molecule has 0 aliphatic carbocycles. The van der Waals surface area contributed by atoms with Gasteiger partial charge in [0.05, 0.1) is 19.5 Å². The molecule has 5 heteroatoms. The summed E-state index contributed by atoms with van der Waals surface area (Å²) in [5.41, 5.74) is 1.82. The number of carbonyl (C=O) groups is 2. The second-order valence-electron chi connectivity index (χ2n) is 4.49. The van der Waals surface area contributed by atoms with Gasteiger partial charge in [0.1, 0.15) is 0 Å². The summed E-state index contributed by atoms with van der Waals surface area (Å²) in [6.07, 6.45) is 0.208. The molecule has 1 aliphatic heterocycles. The first-order valence-corrected chi connectivity index (χ1v) is 6.13. The van der Waals surface area contributed by atoms with E-state index < -0.39 is 0 Å². The molecule has 0 saturated carbocycles. The average molecular weight is 248 g/mol. The Morgan fingerprint density at radius 1 is 1.50 bits per heavy atom. The number of piperazine rings is 1. The zero-order valence-electron chi connectivity index (χ0n) is 10.4. The Bertz CT molecular complexity index is 459. The van der Waals surface area contributed by atoms with Gasteiger partial charge in [-0.1, -0.05) is 18.2 Å². The van der Waals surface area contributed by atoms with E-state index in [2.05, 4.69) is 10.6 Å². The van der Waals surface area contributed by atoms with Gasteiger partial charge in [0, 0.05) is 5.69 Å². The Kier molecular flexibility index (Phi) is 3.94. The molecule has 1 saturated heterocycles. The maximum Gasteiger partial charge on any atom is 0.278 e. The molecule has 0 unspecified atom stereocenters. The lowest BCUT2D eigenvalue weighted by Gasteiger charge is -2.20. The summed E-state index contributed by atoms with van der Waals surface area (Å²) in [4.78, 5) is 23.4. The maximum absolute atomic E-state index is 11.9. The van der Waals surface area contributed by atoms with Crippen molar-refractivity contribution in [3.05, 3.63) is 29.8 Å². The van der Waals surface area contributed by atoms with Gasteiger partial charge < -0.3 is 16.0 Å². The molecule has 1 aromatic carbocycles. The molecule has 1 aliphatic rings. The SMILES string of the molecule is Cc1ccccc1NC(=O)C[C@@H]1[NH2+]CCNC1=O. The number of hydrogen-bond acceptors (Lipinski definition) is 2. The number of aryl methyl sites for hydroxylation is 1. The van der Waals surface area contributed by atoms with Crippen LogP contribution in [0.5, 0.6) is 0 Å². The predicted molar refractivity (Wildman–Crippen MR) is 68.0 cm³/mol. The molecule has 5 nitrogen and oxygen atoms in total. The molecule has 1 heterocycles. The molecule has 0 bridgehead atoms. The van der Waals surface area contributed by atoms with Gasteiger partial charge in [-0.15, -0.1) is 0 Å². The van der Waals surface area contributed by atoms with Crippen LogP contribution in [-0.2, 0) is 9.59 Å². The van der Waals surface area contributed by atoms with Crippen molar-refractivity contribution in [1.82, 2.24) is 5.32 Å². The fourth-order valence-electron chi connectivity index (χ4n) is 2.01. The van der Waals surface area contributed by atoms with Gasteiger partial charge >= 0.3 is 0 Å². The van der Waals surface area contributed by atoms with E-state index in [1.807, 2.05) is 36.5 Å². The molecule has 0 aromatic heterocycles. The summed E-state index contributed by atoms with van der Waals surface area (Å²) in [5.74, 6) is -0.177. The Labute approximate surface area is 106 Å². The quantitative estimate of drug-likeness (QED) is 0.667. The van der Waals surface area contributed by atoms with Crippen molar-refractivity contribution in [1.29, 1.82) is 0 Å². The number of para-hydroxylation sites is 1. The summed E-state index contributed by atoms with van der Waals surface area (Å²) in [5, 5.41) is 7.51. The molecule has 1 fully saturated rings. The first-order chi connectivity index (χ1) is 8.66. The largest absolute Gasteiger partial charge is 0.345 e. The van der Waals surface area contributed by atoms with E-state index in [0.29, 0.717) is 6.54 Å². The number of quaternary nitrogens is 1. The van der Waals surface area contributed by atoms with Gasteiger partial charge in [0.25, 0.3) is 5.91 Å². The van der Waals surface area contributed by atoms with E-state index in [0.717, 1.165) is 17.8 Å². The second kappa shape index (κ2) is 5.64. The number of nitrogens with one attached hydrogen (secondary N) is 2. The molecule has 0 spiro atoms. The molecule has 1 aromatic rings. The van der Waals surface area contributed by atoms with Gasteiger partial charge in [-0.3, -0.25) is 9.59 Å². The number of benzene rings is 1. The molecular weight excluding hydrogens is 230 g/mol. The lowest BCUT2D eigenvalue weighted by Crippen LogP contribution is -2.96. The normalized spacial score (nSPS) is 19.2. The molecular formula is C13H18N3O2+. The topological polar surface area (TPSA) is 74.8 Å². The van der Waals surface area contributed by atoms with Gasteiger partial charge in [-0.05, 0) is 18.6 Å². The molecule has 2 amide bonds. The Hall–Kier alpha value is -1.88. The minimum atomic E-state index is -0.303.